The Morgan fingerprint density at radius 3 is 2.88 bits per heavy atom. The van der Waals surface area contributed by atoms with Crippen molar-refractivity contribution < 1.29 is 0 Å². The van der Waals surface area contributed by atoms with Crippen LogP contribution in [0.25, 0.3) is 0 Å². The molecule has 1 rings (SSSR count). The van der Waals surface area contributed by atoms with E-state index in [0.29, 0.717) is 5.17 Å². The fourth-order valence-electron chi connectivity index (χ4n) is 1.12. The number of aliphatic imine (C=N–C) groups is 2. The van der Waals surface area contributed by atoms with Crippen LogP contribution in [0.15, 0.2) is 53.2 Å². The second-order valence-corrected chi connectivity index (χ2v) is 3.98. The van der Waals surface area contributed by atoms with Gasteiger partial charge in [-0.25, -0.2) is 4.99 Å². The van der Waals surface area contributed by atoms with Gasteiger partial charge in [0.2, 0.25) is 0 Å². The predicted molar refractivity (Wildman–Crippen MR) is 76.4 cm³/mol. The highest BCUT2D eigenvalue weighted by Gasteiger charge is 1.97. The first-order valence-corrected chi connectivity index (χ1v) is 5.70. The van der Waals surface area contributed by atoms with Gasteiger partial charge in [0, 0.05) is 23.6 Å². The molecule has 0 heterocycles. The van der Waals surface area contributed by atoms with Crippen molar-refractivity contribution in [2.24, 2.45) is 9.98 Å². The molecule has 0 aliphatic heterocycles. The van der Waals surface area contributed by atoms with Gasteiger partial charge in [0.1, 0.15) is 5.17 Å². The third-order valence-electron chi connectivity index (χ3n) is 2.04. The summed E-state index contributed by atoms with van der Waals surface area (Å²) >= 11 is 11.7. The number of nitrogens with zero attached hydrogens (tertiary/aromatic N) is 2. The van der Waals surface area contributed by atoms with Crippen molar-refractivity contribution >= 4 is 34.6 Å². The number of benzene rings is 1. The van der Waals surface area contributed by atoms with Crippen LogP contribution in [0.3, 0.4) is 0 Å². The van der Waals surface area contributed by atoms with Gasteiger partial charge in [0.15, 0.2) is 0 Å². The first-order valence-electron chi connectivity index (χ1n) is 4.94. The minimum Gasteiger partial charge on any atom is -0.264 e. The van der Waals surface area contributed by atoms with Gasteiger partial charge in [-0.1, -0.05) is 41.9 Å². The fourth-order valence-corrected chi connectivity index (χ4v) is 1.43. The topological polar surface area (TPSA) is 24.7 Å². The number of hydrogen-bond acceptors (Lipinski definition) is 2. The molecule has 2 nitrogen and oxygen atoms in total. The third kappa shape index (κ3) is 4.55. The van der Waals surface area contributed by atoms with Crippen LogP contribution in [0.2, 0.25) is 5.02 Å². The van der Waals surface area contributed by atoms with Crippen molar-refractivity contribution in [3.8, 4) is 0 Å². The molecule has 0 fully saturated rings. The zero-order valence-corrected chi connectivity index (χ0v) is 10.9. The molecule has 0 N–H and O–H groups in total. The molecule has 0 atom stereocenters. The Balaban J connectivity index is 2.75. The van der Waals surface area contributed by atoms with Crippen LogP contribution >= 0.6 is 23.2 Å². The van der Waals surface area contributed by atoms with Crippen molar-refractivity contribution in [2.75, 3.05) is 0 Å². The lowest BCUT2D eigenvalue weighted by atomic mass is 10.1. The average molecular weight is 267 g/mol. The van der Waals surface area contributed by atoms with Crippen LogP contribution in [-0.2, 0) is 0 Å². The molecule has 0 bridgehead atoms. The minimum absolute atomic E-state index is 0.333. The normalized spacial score (nSPS) is 12.5. The van der Waals surface area contributed by atoms with E-state index in [1.165, 1.54) is 6.20 Å². The van der Waals surface area contributed by atoms with Gasteiger partial charge in [-0.15, -0.1) is 0 Å². The summed E-state index contributed by atoms with van der Waals surface area (Å²) in [5.74, 6) is 0. The molecule has 0 aromatic heterocycles. The number of allylic oxidation sites excluding steroid dienone is 1. The maximum atomic E-state index is 5.99. The Bertz CT molecular complexity index is 488. The second-order valence-electron chi connectivity index (χ2n) is 3.18. The van der Waals surface area contributed by atoms with Crippen molar-refractivity contribution in [1.82, 2.24) is 0 Å². The van der Waals surface area contributed by atoms with E-state index >= 15 is 0 Å². The Labute approximate surface area is 111 Å². The molecule has 4 heteroatoms. The van der Waals surface area contributed by atoms with Crippen LogP contribution in [0.5, 0.6) is 0 Å². The highest BCUT2D eigenvalue weighted by molar-refractivity contribution is 6.68. The summed E-state index contributed by atoms with van der Waals surface area (Å²) in [6, 6.07) is 5.67. The van der Waals surface area contributed by atoms with Crippen molar-refractivity contribution in [3.05, 3.63) is 59.4 Å². The van der Waals surface area contributed by atoms with Crippen molar-refractivity contribution in [1.29, 1.82) is 0 Å². The molecule has 0 saturated heterocycles. The number of hydrogen-bond donors (Lipinski definition) is 0. The van der Waals surface area contributed by atoms with E-state index in [2.05, 4.69) is 16.6 Å². The Kier molecular flexibility index (Phi) is 5.67. The monoisotopic (exact) mass is 266 g/mol. The van der Waals surface area contributed by atoms with Gasteiger partial charge in [0.25, 0.3) is 0 Å². The lowest BCUT2D eigenvalue weighted by molar-refractivity contribution is 1.44. The molecule has 0 amide bonds. The predicted octanol–water partition coefficient (Wildman–Crippen LogP) is 4.36. The quantitative estimate of drug-likeness (QED) is 0.724. The average Bonchev–Trinajstić information content (AvgIpc) is 2.30. The molecular weight excluding hydrogens is 255 g/mol. The maximum absolute atomic E-state index is 5.99. The van der Waals surface area contributed by atoms with Crippen LogP contribution in [0.4, 0.5) is 0 Å². The molecule has 0 radical (unpaired) electrons. The first-order chi connectivity index (χ1) is 8.15. The van der Waals surface area contributed by atoms with E-state index in [1.54, 1.807) is 18.5 Å². The molecule has 0 saturated carbocycles. The van der Waals surface area contributed by atoms with E-state index in [0.717, 1.165) is 16.1 Å². The molecule has 0 unspecified atom stereocenters. The summed E-state index contributed by atoms with van der Waals surface area (Å²) in [7, 11) is 0. The zero-order valence-electron chi connectivity index (χ0n) is 9.40. The molecule has 0 spiro atoms. The van der Waals surface area contributed by atoms with E-state index in [4.69, 9.17) is 23.2 Å². The lowest BCUT2D eigenvalue weighted by Gasteiger charge is -2.00. The van der Waals surface area contributed by atoms with Gasteiger partial charge in [-0.2, -0.15) is 0 Å². The second kappa shape index (κ2) is 7.05. The summed E-state index contributed by atoms with van der Waals surface area (Å²) in [4.78, 5) is 7.87. The zero-order chi connectivity index (χ0) is 12.7. The molecule has 1 aromatic carbocycles. The number of halogens is 2. The van der Waals surface area contributed by atoms with Crippen molar-refractivity contribution in [2.45, 2.75) is 6.92 Å². The van der Waals surface area contributed by atoms with E-state index in [9.17, 15) is 0 Å². The fraction of sp³-hybridized carbons (Fsp3) is 0.0769. The third-order valence-corrected chi connectivity index (χ3v) is 2.67. The Morgan fingerprint density at radius 2 is 2.18 bits per heavy atom. The molecule has 0 aliphatic carbocycles. The van der Waals surface area contributed by atoms with Gasteiger partial charge in [-0.05, 0) is 30.2 Å². The SMILES string of the molecule is C=CN=C(Cl)/C=C/N=Cc1cccc(Cl)c1C. The summed E-state index contributed by atoms with van der Waals surface area (Å²) in [5.41, 5.74) is 1.97. The molecule has 17 heavy (non-hydrogen) atoms. The Hall–Kier alpha value is -1.38. The summed E-state index contributed by atoms with van der Waals surface area (Å²) < 4.78 is 0. The number of rotatable bonds is 4. The van der Waals surface area contributed by atoms with E-state index in [-0.39, 0.29) is 0 Å². The van der Waals surface area contributed by atoms with Crippen LogP contribution in [-0.4, -0.2) is 11.4 Å². The van der Waals surface area contributed by atoms with Crippen LogP contribution in [0, 0.1) is 6.92 Å². The van der Waals surface area contributed by atoms with Gasteiger partial charge >= 0.3 is 0 Å². The largest absolute Gasteiger partial charge is 0.264 e. The maximum Gasteiger partial charge on any atom is 0.130 e. The molecule has 1 aromatic rings. The minimum atomic E-state index is 0.333. The molecular formula is C13H12Cl2N2. The van der Waals surface area contributed by atoms with Gasteiger partial charge in [0.05, 0.1) is 0 Å². The summed E-state index contributed by atoms with van der Waals surface area (Å²) in [6.07, 6.45) is 6.24. The standard InChI is InChI=1S/C13H12Cl2N2/c1-3-17-13(15)7-8-16-9-11-5-4-6-12(14)10(11)2/h3-9H,1H2,2H3/b8-7+,16-9?,17-13?. The smallest absolute Gasteiger partial charge is 0.130 e. The highest BCUT2D eigenvalue weighted by Crippen LogP contribution is 2.17. The van der Waals surface area contributed by atoms with E-state index < -0.39 is 0 Å². The van der Waals surface area contributed by atoms with Crippen LogP contribution < -0.4 is 0 Å². The lowest BCUT2D eigenvalue weighted by Crippen LogP contribution is -1.86. The highest BCUT2D eigenvalue weighted by atomic mass is 35.5. The summed E-state index contributed by atoms with van der Waals surface area (Å²) in [5, 5.41) is 1.06. The molecule has 0 aliphatic rings. The Morgan fingerprint density at radius 1 is 1.41 bits per heavy atom. The van der Waals surface area contributed by atoms with Gasteiger partial charge < -0.3 is 0 Å². The van der Waals surface area contributed by atoms with Gasteiger partial charge in [-0.3, -0.25) is 4.99 Å². The first kappa shape index (κ1) is 13.7. The van der Waals surface area contributed by atoms with Crippen LogP contribution in [0.1, 0.15) is 11.1 Å². The van der Waals surface area contributed by atoms with E-state index in [1.807, 2.05) is 25.1 Å². The summed E-state index contributed by atoms with van der Waals surface area (Å²) in [6.45, 7) is 5.38. The van der Waals surface area contributed by atoms with Crippen molar-refractivity contribution in [3.63, 3.8) is 0 Å². The molecule has 88 valence electrons.